The van der Waals surface area contributed by atoms with Gasteiger partial charge in [-0.25, -0.2) is 0 Å². The van der Waals surface area contributed by atoms with Gasteiger partial charge in [0.25, 0.3) is 0 Å². The number of rotatable bonds is 5. The second-order valence-electron chi connectivity index (χ2n) is 6.95. The van der Waals surface area contributed by atoms with E-state index in [1.165, 1.54) is 32.1 Å². The Bertz CT molecular complexity index is 201. The number of nitrogens with one attached hydrogen (secondary N) is 1. The normalized spacial score (nSPS) is 28.1. The van der Waals surface area contributed by atoms with Gasteiger partial charge in [0, 0.05) is 12.6 Å². The van der Waals surface area contributed by atoms with Crippen molar-refractivity contribution in [2.45, 2.75) is 78.4 Å². The summed E-state index contributed by atoms with van der Waals surface area (Å²) in [6, 6.07) is 0.646. The van der Waals surface area contributed by atoms with E-state index in [0.717, 1.165) is 18.9 Å². The summed E-state index contributed by atoms with van der Waals surface area (Å²) in [6.07, 6.45) is 7.33. The van der Waals surface area contributed by atoms with Crippen LogP contribution in [0.1, 0.15) is 66.2 Å². The Morgan fingerprint density at radius 2 is 1.76 bits per heavy atom. The van der Waals surface area contributed by atoms with Crippen LogP contribution in [-0.4, -0.2) is 23.8 Å². The highest BCUT2D eigenvalue weighted by atomic mass is 16.3. The lowest BCUT2D eigenvalue weighted by atomic mass is 9.84. The highest BCUT2D eigenvalue weighted by Crippen LogP contribution is 2.26. The second kappa shape index (κ2) is 6.75. The number of aliphatic hydroxyl groups excluding tert-OH is 1. The monoisotopic (exact) mass is 241 g/mol. The first-order valence-electron chi connectivity index (χ1n) is 7.32. The smallest absolute Gasteiger partial charge is 0.0669 e. The van der Waals surface area contributed by atoms with Crippen molar-refractivity contribution in [2.75, 3.05) is 6.54 Å². The minimum atomic E-state index is -0.195. The molecule has 1 rings (SSSR count). The molecule has 0 aromatic carbocycles. The molecule has 1 saturated carbocycles. The van der Waals surface area contributed by atoms with E-state index in [2.05, 4.69) is 33.0 Å². The average molecular weight is 241 g/mol. The molecule has 102 valence electrons. The number of hydrogen-bond donors (Lipinski definition) is 2. The number of hydrogen-bond acceptors (Lipinski definition) is 2. The first-order valence-corrected chi connectivity index (χ1v) is 7.32. The molecular formula is C15H31NO. The van der Waals surface area contributed by atoms with Crippen LogP contribution in [0.3, 0.4) is 0 Å². The van der Waals surface area contributed by atoms with E-state index in [1.807, 2.05) is 0 Å². The molecule has 2 nitrogen and oxygen atoms in total. The summed E-state index contributed by atoms with van der Waals surface area (Å²) in [4.78, 5) is 0. The Labute approximate surface area is 107 Å². The van der Waals surface area contributed by atoms with Gasteiger partial charge in [-0.3, -0.25) is 0 Å². The average Bonchev–Trinajstić information content (AvgIpc) is 2.25. The molecule has 1 fully saturated rings. The van der Waals surface area contributed by atoms with E-state index < -0.39 is 0 Å². The summed E-state index contributed by atoms with van der Waals surface area (Å²) >= 11 is 0. The molecule has 2 N–H and O–H groups in total. The molecule has 2 heteroatoms. The summed E-state index contributed by atoms with van der Waals surface area (Å²) in [5.74, 6) is 0.951. The lowest BCUT2D eigenvalue weighted by Crippen LogP contribution is -2.39. The fourth-order valence-electron chi connectivity index (χ4n) is 2.86. The van der Waals surface area contributed by atoms with Crippen molar-refractivity contribution in [3.8, 4) is 0 Å². The molecular weight excluding hydrogens is 210 g/mol. The van der Waals surface area contributed by atoms with E-state index in [0.29, 0.717) is 6.04 Å². The van der Waals surface area contributed by atoms with Gasteiger partial charge in [0.1, 0.15) is 0 Å². The summed E-state index contributed by atoms with van der Waals surface area (Å²) in [5.41, 5.74) is 0.223. The van der Waals surface area contributed by atoms with Crippen molar-refractivity contribution >= 4 is 0 Å². The van der Waals surface area contributed by atoms with Crippen molar-refractivity contribution in [1.29, 1.82) is 0 Å². The first-order chi connectivity index (χ1) is 7.90. The fourth-order valence-corrected chi connectivity index (χ4v) is 2.86. The van der Waals surface area contributed by atoms with Crippen LogP contribution >= 0.6 is 0 Å². The number of aliphatic hydroxyl groups is 1. The van der Waals surface area contributed by atoms with Crippen LogP contribution in [0.5, 0.6) is 0 Å². The van der Waals surface area contributed by atoms with Gasteiger partial charge >= 0.3 is 0 Å². The summed E-state index contributed by atoms with van der Waals surface area (Å²) in [7, 11) is 0. The zero-order valence-corrected chi connectivity index (χ0v) is 12.1. The second-order valence-corrected chi connectivity index (χ2v) is 6.95. The lowest BCUT2D eigenvalue weighted by Gasteiger charge is -2.30. The molecule has 0 aliphatic heterocycles. The van der Waals surface area contributed by atoms with Crippen molar-refractivity contribution in [1.82, 2.24) is 5.32 Å². The molecule has 0 bridgehead atoms. The maximum atomic E-state index is 9.95. The highest BCUT2D eigenvalue weighted by Gasteiger charge is 2.21. The summed E-state index contributed by atoms with van der Waals surface area (Å²) in [5, 5.41) is 13.5. The zero-order valence-electron chi connectivity index (χ0n) is 12.1. The topological polar surface area (TPSA) is 32.3 Å². The van der Waals surface area contributed by atoms with Crippen molar-refractivity contribution < 1.29 is 5.11 Å². The van der Waals surface area contributed by atoms with Gasteiger partial charge in [0.15, 0.2) is 0 Å². The predicted molar refractivity (Wildman–Crippen MR) is 74.1 cm³/mol. The van der Waals surface area contributed by atoms with Crippen molar-refractivity contribution in [3.63, 3.8) is 0 Å². The summed E-state index contributed by atoms with van der Waals surface area (Å²) < 4.78 is 0. The zero-order chi connectivity index (χ0) is 12.9. The Morgan fingerprint density at radius 1 is 1.18 bits per heavy atom. The molecule has 1 atom stereocenters. The SMILES string of the molecule is CCC1CCC(NCC(O)CC(C)(C)C)CC1. The van der Waals surface area contributed by atoms with E-state index >= 15 is 0 Å². The van der Waals surface area contributed by atoms with Crippen LogP contribution in [0, 0.1) is 11.3 Å². The van der Waals surface area contributed by atoms with Gasteiger partial charge in [0.05, 0.1) is 6.10 Å². The van der Waals surface area contributed by atoms with Crippen LogP contribution in [0.15, 0.2) is 0 Å². The van der Waals surface area contributed by atoms with E-state index in [4.69, 9.17) is 0 Å². The Hall–Kier alpha value is -0.0800. The van der Waals surface area contributed by atoms with Crippen molar-refractivity contribution in [3.05, 3.63) is 0 Å². The molecule has 0 radical (unpaired) electrons. The van der Waals surface area contributed by atoms with Gasteiger partial charge in [-0.1, -0.05) is 34.1 Å². The predicted octanol–water partition coefficient (Wildman–Crippen LogP) is 3.34. The standard InChI is InChI=1S/C15H31NO/c1-5-12-6-8-13(9-7-12)16-11-14(17)10-15(2,3)4/h12-14,16-17H,5-11H2,1-4H3. The van der Waals surface area contributed by atoms with Crippen molar-refractivity contribution in [2.24, 2.45) is 11.3 Å². The first kappa shape index (κ1) is 15.0. The maximum Gasteiger partial charge on any atom is 0.0669 e. The lowest BCUT2D eigenvalue weighted by molar-refractivity contribution is 0.113. The van der Waals surface area contributed by atoms with Crippen LogP contribution in [0.4, 0.5) is 0 Å². The van der Waals surface area contributed by atoms with Gasteiger partial charge in [-0.2, -0.15) is 0 Å². The third kappa shape index (κ3) is 6.42. The Kier molecular flexibility index (Phi) is 5.94. The van der Waals surface area contributed by atoms with E-state index in [-0.39, 0.29) is 11.5 Å². The Balaban J connectivity index is 2.15. The minimum absolute atomic E-state index is 0.195. The third-order valence-corrected chi connectivity index (χ3v) is 3.91. The maximum absolute atomic E-state index is 9.95. The quantitative estimate of drug-likeness (QED) is 0.773. The molecule has 1 aliphatic rings. The minimum Gasteiger partial charge on any atom is -0.392 e. The molecule has 0 amide bonds. The third-order valence-electron chi connectivity index (χ3n) is 3.91. The van der Waals surface area contributed by atoms with Gasteiger partial charge in [-0.15, -0.1) is 0 Å². The van der Waals surface area contributed by atoms with Crippen LogP contribution in [-0.2, 0) is 0 Å². The van der Waals surface area contributed by atoms with E-state index in [9.17, 15) is 5.11 Å². The largest absolute Gasteiger partial charge is 0.392 e. The van der Waals surface area contributed by atoms with Gasteiger partial charge in [-0.05, 0) is 43.4 Å². The molecule has 0 saturated heterocycles. The highest BCUT2D eigenvalue weighted by molar-refractivity contribution is 4.78. The molecule has 0 aromatic rings. The van der Waals surface area contributed by atoms with Gasteiger partial charge in [0.2, 0.25) is 0 Å². The molecule has 0 aromatic heterocycles. The molecule has 1 unspecified atom stereocenters. The fraction of sp³-hybridized carbons (Fsp3) is 1.00. The summed E-state index contributed by atoms with van der Waals surface area (Å²) in [6.45, 7) is 9.61. The van der Waals surface area contributed by atoms with Crippen LogP contribution in [0.2, 0.25) is 0 Å². The molecule has 1 aliphatic carbocycles. The Morgan fingerprint density at radius 3 is 2.24 bits per heavy atom. The molecule has 17 heavy (non-hydrogen) atoms. The van der Waals surface area contributed by atoms with Gasteiger partial charge < -0.3 is 10.4 Å². The molecule has 0 heterocycles. The molecule has 0 spiro atoms. The van der Waals surface area contributed by atoms with Crippen LogP contribution < -0.4 is 5.32 Å². The van der Waals surface area contributed by atoms with E-state index in [1.54, 1.807) is 0 Å². The van der Waals surface area contributed by atoms with Crippen LogP contribution in [0.25, 0.3) is 0 Å².